The molecule has 1 amide bonds. The van der Waals surface area contributed by atoms with E-state index in [4.69, 9.17) is 14.9 Å². The molecule has 0 unspecified atom stereocenters. The molecule has 156 valence electrons. The predicted octanol–water partition coefficient (Wildman–Crippen LogP) is 4.74. The molecule has 30 heavy (non-hydrogen) atoms. The van der Waals surface area contributed by atoms with Gasteiger partial charge in [-0.25, -0.2) is 0 Å². The Hall–Kier alpha value is -2.63. The van der Waals surface area contributed by atoms with E-state index in [1.54, 1.807) is 0 Å². The third-order valence-electron chi connectivity index (χ3n) is 6.63. The molecule has 0 atom stereocenters. The summed E-state index contributed by atoms with van der Waals surface area (Å²) in [7, 11) is 0. The van der Waals surface area contributed by atoms with Gasteiger partial charge in [0.1, 0.15) is 5.58 Å². The highest BCUT2D eigenvalue weighted by atomic mass is 16.5. The smallest absolute Gasteiger partial charge is 0.287 e. The zero-order chi connectivity index (χ0) is 20.8. The van der Waals surface area contributed by atoms with E-state index in [0.29, 0.717) is 19.0 Å². The lowest BCUT2D eigenvalue weighted by atomic mass is 9.83. The van der Waals surface area contributed by atoms with Crippen LogP contribution in [0.2, 0.25) is 0 Å². The number of hydrogen-bond acceptors (Lipinski definition) is 4. The average Bonchev–Trinajstić information content (AvgIpc) is 3.16. The molecule has 3 N–H and O–H groups in total. The first-order chi connectivity index (χ1) is 14.4. The first-order valence-electron chi connectivity index (χ1n) is 10.8. The first-order valence-corrected chi connectivity index (χ1v) is 10.8. The maximum Gasteiger partial charge on any atom is 0.287 e. The lowest BCUT2D eigenvalue weighted by Crippen LogP contribution is -2.54. The van der Waals surface area contributed by atoms with Crippen LogP contribution in [0.1, 0.15) is 55.1 Å². The second-order valence-electron chi connectivity index (χ2n) is 9.16. The SMILES string of the molecule is CC1(NC(=O)c2cc3ccc(-c4ccc(C5(N)COC5)cc4)cc3o2)CCCCC1. The first kappa shape index (κ1) is 19.3. The minimum atomic E-state index is -0.360. The van der Waals surface area contributed by atoms with Gasteiger partial charge in [-0.15, -0.1) is 0 Å². The van der Waals surface area contributed by atoms with Crippen molar-refractivity contribution >= 4 is 16.9 Å². The van der Waals surface area contributed by atoms with Crippen molar-refractivity contribution < 1.29 is 13.9 Å². The Labute approximate surface area is 176 Å². The van der Waals surface area contributed by atoms with E-state index in [0.717, 1.165) is 53.3 Å². The molecule has 2 fully saturated rings. The number of ether oxygens (including phenoxy) is 1. The zero-order valence-electron chi connectivity index (χ0n) is 17.4. The Balaban J connectivity index is 1.36. The number of carbonyl (C=O) groups is 1. The molecule has 5 rings (SSSR count). The molecule has 1 aromatic heterocycles. The number of rotatable bonds is 4. The number of benzene rings is 2. The van der Waals surface area contributed by atoms with Gasteiger partial charge < -0.3 is 20.2 Å². The van der Waals surface area contributed by atoms with E-state index in [1.165, 1.54) is 6.42 Å². The normalized spacial score (nSPS) is 19.9. The lowest BCUT2D eigenvalue weighted by molar-refractivity contribution is -0.0569. The van der Waals surface area contributed by atoms with E-state index in [9.17, 15) is 4.79 Å². The topological polar surface area (TPSA) is 77.5 Å². The van der Waals surface area contributed by atoms with Crippen molar-refractivity contribution in [3.05, 3.63) is 59.9 Å². The van der Waals surface area contributed by atoms with Gasteiger partial charge in [0.2, 0.25) is 0 Å². The fourth-order valence-corrected chi connectivity index (χ4v) is 4.60. The number of carbonyl (C=O) groups excluding carboxylic acids is 1. The Morgan fingerprint density at radius 2 is 1.67 bits per heavy atom. The highest BCUT2D eigenvalue weighted by Crippen LogP contribution is 2.32. The van der Waals surface area contributed by atoms with Crippen molar-refractivity contribution in [3.63, 3.8) is 0 Å². The van der Waals surface area contributed by atoms with Gasteiger partial charge in [-0.05, 0) is 48.6 Å². The predicted molar refractivity (Wildman–Crippen MR) is 117 cm³/mol. The van der Waals surface area contributed by atoms with Crippen LogP contribution < -0.4 is 11.1 Å². The molecule has 1 saturated heterocycles. The van der Waals surface area contributed by atoms with Crippen LogP contribution in [-0.4, -0.2) is 24.7 Å². The molecule has 5 heteroatoms. The molecule has 2 heterocycles. The molecule has 1 aliphatic heterocycles. The van der Waals surface area contributed by atoms with E-state index in [1.807, 2.05) is 18.2 Å². The van der Waals surface area contributed by atoms with Gasteiger partial charge in [0.05, 0.1) is 18.8 Å². The van der Waals surface area contributed by atoms with E-state index >= 15 is 0 Å². The standard InChI is InChI=1S/C25H28N2O3/c1-24(11-3-2-4-12-24)27-23(28)22-14-19-6-5-18(13-21(19)30-22)17-7-9-20(10-8-17)25(26)15-29-16-25/h5-10,13-14H,2-4,11-12,15-16,26H2,1H3,(H,27,28). The maximum atomic E-state index is 12.8. The van der Waals surface area contributed by atoms with Crippen molar-refractivity contribution in [2.45, 2.75) is 50.1 Å². The van der Waals surface area contributed by atoms with Crippen molar-refractivity contribution in [3.8, 4) is 11.1 Å². The molecule has 0 spiro atoms. The van der Waals surface area contributed by atoms with Crippen molar-refractivity contribution in [2.24, 2.45) is 5.73 Å². The highest BCUT2D eigenvalue weighted by Gasteiger charge is 2.35. The molecular formula is C25H28N2O3. The summed E-state index contributed by atoms with van der Waals surface area (Å²) in [4.78, 5) is 12.8. The monoisotopic (exact) mass is 404 g/mol. The molecule has 0 radical (unpaired) electrons. The Kier molecular flexibility index (Phi) is 4.68. The molecule has 1 saturated carbocycles. The van der Waals surface area contributed by atoms with Crippen LogP contribution in [0.5, 0.6) is 0 Å². The molecule has 2 aromatic carbocycles. The second-order valence-corrected chi connectivity index (χ2v) is 9.16. The van der Waals surface area contributed by atoms with Gasteiger partial charge in [-0.3, -0.25) is 4.79 Å². The summed E-state index contributed by atoms with van der Waals surface area (Å²) >= 11 is 0. The van der Waals surface area contributed by atoms with Crippen LogP contribution in [0.15, 0.2) is 52.9 Å². The zero-order valence-corrected chi connectivity index (χ0v) is 17.4. The van der Waals surface area contributed by atoms with Crippen LogP contribution in [0.25, 0.3) is 22.1 Å². The van der Waals surface area contributed by atoms with Crippen LogP contribution in [0.4, 0.5) is 0 Å². The van der Waals surface area contributed by atoms with Crippen LogP contribution in [-0.2, 0) is 10.3 Å². The third-order valence-corrected chi connectivity index (χ3v) is 6.63. The summed E-state index contributed by atoms with van der Waals surface area (Å²) in [5.41, 5.74) is 9.77. The van der Waals surface area contributed by atoms with E-state index in [-0.39, 0.29) is 17.0 Å². The van der Waals surface area contributed by atoms with E-state index in [2.05, 4.69) is 42.6 Å². The Morgan fingerprint density at radius 1 is 0.967 bits per heavy atom. The number of fused-ring (bicyclic) bond motifs is 1. The van der Waals surface area contributed by atoms with Crippen molar-refractivity contribution in [2.75, 3.05) is 13.2 Å². The summed E-state index contributed by atoms with van der Waals surface area (Å²) in [6.45, 7) is 3.26. The van der Waals surface area contributed by atoms with E-state index < -0.39 is 0 Å². The number of nitrogens with two attached hydrogens (primary N) is 1. The van der Waals surface area contributed by atoms with Gasteiger partial charge in [0, 0.05) is 10.9 Å². The molecule has 1 aliphatic carbocycles. The molecule has 2 aliphatic rings. The third kappa shape index (κ3) is 3.53. The number of hydrogen-bond donors (Lipinski definition) is 2. The molecule has 5 nitrogen and oxygen atoms in total. The summed E-state index contributed by atoms with van der Waals surface area (Å²) in [6, 6.07) is 16.2. The second kappa shape index (κ2) is 7.25. The molecular weight excluding hydrogens is 376 g/mol. The number of nitrogens with one attached hydrogen (secondary N) is 1. The van der Waals surface area contributed by atoms with Crippen molar-refractivity contribution in [1.82, 2.24) is 5.32 Å². The minimum absolute atomic E-state index is 0.127. The summed E-state index contributed by atoms with van der Waals surface area (Å²) in [5.74, 6) is 0.247. The molecule has 0 bridgehead atoms. The van der Waals surface area contributed by atoms with Crippen molar-refractivity contribution in [1.29, 1.82) is 0 Å². The summed E-state index contributed by atoms with van der Waals surface area (Å²) < 4.78 is 11.2. The number of furan rings is 1. The fraction of sp³-hybridized carbons (Fsp3) is 0.400. The number of amides is 1. The summed E-state index contributed by atoms with van der Waals surface area (Å²) in [6.07, 6.45) is 5.62. The fourth-order valence-electron chi connectivity index (χ4n) is 4.60. The summed E-state index contributed by atoms with van der Waals surface area (Å²) in [5, 5.41) is 4.13. The van der Waals surface area contributed by atoms with Gasteiger partial charge >= 0.3 is 0 Å². The highest BCUT2D eigenvalue weighted by molar-refractivity contribution is 5.97. The maximum absolute atomic E-state index is 12.8. The van der Waals surface area contributed by atoms with Gasteiger partial charge in [0.15, 0.2) is 5.76 Å². The van der Waals surface area contributed by atoms with Crippen LogP contribution in [0, 0.1) is 0 Å². The Bertz CT molecular complexity index is 1070. The van der Waals surface area contributed by atoms with Gasteiger partial charge in [-0.1, -0.05) is 55.7 Å². The molecule has 3 aromatic rings. The van der Waals surface area contributed by atoms with Gasteiger partial charge in [-0.2, -0.15) is 0 Å². The average molecular weight is 405 g/mol. The largest absolute Gasteiger partial charge is 0.451 e. The quantitative estimate of drug-likeness (QED) is 0.659. The van der Waals surface area contributed by atoms with Crippen LogP contribution >= 0.6 is 0 Å². The van der Waals surface area contributed by atoms with Gasteiger partial charge in [0.25, 0.3) is 5.91 Å². The minimum Gasteiger partial charge on any atom is -0.451 e. The van der Waals surface area contributed by atoms with Crippen LogP contribution in [0.3, 0.4) is 0 Å². The lowest BCUT2D eigenvalue weighted by Gasteiger charge is -2.38. The Morgan fingerprint density at radius 3 is 2.33 bits per heavy atom.